The van der Waals surface area contributed by atoms with Crippen LogP contribution in [0.1, 0.15) is 46.0 Å². The second-order valence-corrected chi connectivity index (χ2v) is 6.21. The summed E-state index contributed by atoms with van der Waals surface area (Å²) in [6.45, 7) is 8.75. The van der Waals surface area contributed by atoms with Gasteiger partial charge in [-0.1, -0.05) is 26.1 Å². The maximum atomic E-state index is 5.65. The van der Waals surface area contributed by atoms with Crippen LogP contribution < -0.4 is 5.73 Å². The van der Waals surface area contributed by atoms with Crippen molar-refractivity contribution >= 4 is 17.2 Å². The van der Waals surface area contributed by atoms with E-state index >= 15 is 0 Å². The molecular formula is C14H28N2OS. The van der Waals surface area contributed by atoms with Gasteiger partial charge in [0.2, 0.25) is 0 Å². The minimum absolute atomic E-state index is 0.515. The van der Waals surface area contributed by atoms with Crippen LogP contribution in [-0.4, -0.2) is 42.2 Å². The molecule has 106 valence electrons. The van der Waals surface area contributed by atoms with Crippen LogP contribution in [0.3, 0.4) is 0 Å². The maximum absolute atomic E-state index is 5.65. The van der Waals surface area contributed by atoms with Crippen molar-refractivity contribution in [3.8, 4) is 0 Å². The number of rotatable bonds is 9. The summed E-state index contributed by atoms with van der Waals surface area (Å²) in [7, 11) is 0. The number of nitrogens with two attached hydrogens (primary N) is 1. The van der Waals surface area contributed by atoms with E-state index in [2.05, 4.69) is 18.7 Å². The number of ether oxygens (including phenoxy) is 1. The van der Waals surface area contributed by atoms with Crippen molar-refractivity contribution in [1.29, 1.82) is 0 Å². The van der Waals surface area contributed by atoms with Crippen molar-refractivity contribution in [3.05, 3.63) is 0 Å². The highest BCUT2D eigenvalue weighted by Crippen LogP contribution is 2.17. The smallest absolute Gasteiger partial charge is 0.0740 e. The van der Waals surface area contributed by atoms with Crippen LogP contribution in [0, 0.1) is 5.92 Å². The highest BCUT2D eigenvalue weighted by molar-refractivity contribution is 7.80. The number of nitrogens with zero attached hydrogens (tertiary/aromatic N) is 1. The van der Waals surface area contributed by atoms with Gasteiger partial charge in [0.1, 0.15) is 0 Å². The lowest BCUT2D eigenvalue weighted by Gasteiger charge is -2.24. The Morgan fingerprint density at radius 3 is 2.78 bits per heavy atom. The van der Waals surface area contributed by atoms with Crippen molar-refractivity contribution in [2.75, 3.05) is 26.2 Å². The van der Waals surface area contributed by atoms with Gasteiger partial charge >= 0.3 is 0 Å². The summed E-state index contributed by atoms with van der Waals surface area (Å²) in [6, 6.07) is 0. The van der Waals surface area contributed by atoms with Gasteiger partial charge in [-0.25, -0.2) is 0 Å². The van der Waals surface area contributed by atoms with E-state index in [9.17, 15) is 0 Å². The first-order valence-electron chi connectivity index (χ1n) is 7.20. The van der Waals surface area contributed by atoms with Crippen LogP contribution in [0.2, 0.25) is 0 Å². The average molecular weight is 272 g/mol. The van der Waals surface area contributed by atoms with Gasteiger partial charge in [0.15, 0.2) is 0 Å². The topological polar surface area (TPSA) is 38.5 Å². The van der Waals surface area contributed by atoms with Gasteiger partial charge in [0.25, 0.3) is 0 Å². The summed E-state index contributed by atoms with van der Waals surface area (Å²) in [6.07, 6.45) is 6.25. The summed E-state index contributed by atoms with van der Waals surface area (Å²) in [5.74, 6) is 0.694. The van der Waals surface area contributed by atoms with E-state index in [-0.39, 0.29) is 0 Å². The molecule has 2 N–H and O–H groups in total. The zero-order valence-corrected chi connectivity index (χ0v) is 12.7. The van der Waals surface area contributed by atoms with Crippen LogP contribution in [-0.2, 0) is 4.74 Å². The Labute approximate surface area is 117 Å². The predicted molar refractivity (Wildman–Crippen MR) is 80.9 cm³/mol. The molecule has 18 heavy (non-hydrogen) atoms. The van der Waals surface area contributed by atoms with E-state index in [0.717, 1.165) is 32.7 Å². The zero-order valence-electron chi connectivity index (χ0n) is 11.9. The molecule has 1 saturated heterocycles. The van der Waals surface area contributed by atoms with Crippen LogP contribution in [0.25, 0.3) is 0 Å². The molecule has 0 spiro atoms. The van der Waals surface area contributed by atoms with Gasteiger partial charge in [-0.15, -0.1) is 0 Å². The SMILES string of the molecule is CC(C)CN(CCCC1CCCO1)CCC(N)=S. The molecule has 0 aliphatic carbocycles. The molecule has 0 aromatic heterocycles. The van der Waals surface area contributed by atoms with E-state index < -0.39 is 0 Å². The van der Waals surface area contributed by atoms with Crippen molar-refractivity contribution in [2.45, 2.75) is 52.1 Å². The third kappa shape index (κ3) is 7.29. The van der Waals surface area contributed by atoms with E-state index in [1.165, 1.54) is 25.7 Å². The number of hydrogen-bond acceptors (Lipinski definition) is 3. The molecule has 1 fully saturated rings. The first kappa shape index (κ1) is 15.9. The third-order valence-corrected chi connectivity index (χ3v) is 3.53. The van der Waals surface area contributed by atoms with Crippen molar-refractivity contribution < 1.29 is 4.74 Å². The normalized spacial score (nSPS) is 19.9. The van der Waals surface area contributed by atoms with Crippen molar-refractivity contribution in [2.24, 2.45) is 11.7 Å². The maximum Gasteiger partial charge on any atom is 0.0740 e. The quantitative estimate of drug-likeness (QED) is 0.655. The third-order valence-electron chi connectivity index (χ3n) is 3.32. The van der Waals surface area contributed by atoms with Crippen LogP contribution in [0.4, 0.5) is 0 Å². The number of thiocarbonyl (C=S) groups is 1. The Morgan fingerprint density at radius 2 is 2.22 bits per heavy atom. The lowest BCUT2D eigenvalue weighted by molar-refractivity contribution is 0.0982. The molecule has 1 aliphatic heterocycles. The van der Waals surface area contributed by atoms with Crippen LogP contribution in [0.5, 0.6) is 0 Å². The molecule has 0 radical (unpaired) electrons. The molecule has 1 heterocycles. The van der Waals surface area contributed by atoms with Gasteiger partial charge in [-0.05, 0) is 38.1 Å². The molecular weight excluding hydrogens is 244 g/mol. The molecule has 3 nitrogen and oxygen atoms in total. The van der Waals surface area contributed by atoms with E-state index in [4.69, 9.17) is 22.7 Å². The van der Waals surface area contributed by atoms with Crippen molar-refractivity contribution in [3.63, 3.8) is 0 Å². The first-order chi connectivity index (χ1) is 8.58. The lowest BCUT2D eigenvalue weighted by Crippen LogP contribution is -2.32. The zero-order chi connectivity index (χ0) is 13.4. The minimum Gasteiger partial charge on any atom is -0.393 e. The highest BCUT2D eigenvalue weighted by atomic mass is 32.1. The van der Waals surface area contributed by atoms with Crippen LogP contribution >= 0.6 is 12.2 Å². The fourth-order valence-corrected chi connectivity index (χ4v) is 2.58. The molecule has 1 atom stereocenters. The van der Waals surface area contributed by atoms with Gasteiger partial charge in [0, 0.05) is 26.1 Å². The molecule has 4 heteroatoms. The second kappa shape index (κ2) is 8.83. The van der Waals surface area contributed by atoms with E-state index in [1.807, 2.05) is 0 Å². The molecule has 0 aromatic carbocycles. The van der Waals surface area contributed by atoms with E-state index in [0.29, 0.717) is 17.0 Å². The molecule has 0 saturated carbocycles. The summed E-state index contributed by atoms with van der Waals surface area (Å²) in [4.78, 5) is 3.11. The largest absolute Gasteiger partial charge is 0.393 e. The van der Waals surface area contributed by atoms with Crippen LogP contribution in [0.15, 0.2) is 0 Å². The van der Waals surface area contributed by atoms with Crippen molar-refractivity contribution in [1.82, 2.24) is 4.90 Å². The fraction of sp³-hybridized carbons (Fsp3) is 0.929. The number of hydrogen-bond donors (Lipinski definition) is 1. The summed E-state index contributed by atoms with van der Waals surface area (Å²) < 4.78 is 5.65. The first-order valence-corrected chi connectivity index (χ1v) is 7.61. The highest BCUT2D eigenvalue weighted by Gasteiger charge is 2.15. The van der Waals surface area contributed by atoms with E-state index in [1.54, 1.807) is 0 Å². The molecule has 0 amide bonds. The van der Waals surface area contributed by atoms with Gasteiger partial charge in [0.05, 0.1) is 11.1 Å². The van der Waals surface area contributed by atoms with Gasteiger partial charge in [-0.2, -0.15) is 0 Å². The molecule has 0 aromatic rings. The fourth-order valence-electron chi connectivity index (χ4n) is 2.49. The monoisotopic (exact) mass is 272 g/mol. The van der Waals surface area contributed by atoms with Gasteiger partial charge in [-0.3, -0.25) is 0 Å². The summed E-state index contributed by atoms with van der Waals surface area (Å²) in [5.41, 5.74) is 5.58. The lowest BCUT2D eigenvalue weighted by atomic mass is 10.1. The summed E-state index contributed by atoms with van der Waals surface area (Å²) in [5, 5.41) is 0. The Bertz CT molecular complexity index is 240. The molecule has 1 rings (SSSR count). The Balaban J connectivity index is 2.19. The standard InChI is InChI=1S/C14H28N2OS/c1-12(2)11-16(9-7-14(15)18)8-3-5-13-6-4-10-17-13/h12-13H,3-11H2,1-2H3,(H2,15,18). The Morgan fingerprint density at radius 1 is 1.44 bits per heavy atom. The molecule has 0 bridgehead atoms. The summed E-state index contributed by atoms with van der Waals surface area (Å²) >= 11 is 4.96. The predicted octanol–water partition coefficient (Wildman–Crippen LogP) is 2.58. The van der Waals surface area contributed by atoms with Gasteiger partial charge < -0.3 is 15.4 Å². The Hall–Kier alpha value is -0.190. The molecule has 1 aliphatic rings. The average Bonchev–Trinajstić information content (AvgIpc) is 2.77. The Kier molecular flexibility index (Phi) is 7.79. The second-order valence-electron chi connectivity index (χ2n) is 5.69. The molecule has 1 unspecified atom stereocenters. The minimum atomic E-state index is 0.515.